The summed E-state index contributed by atoms with van der Waals surface area (Å²) in [6.07, 6.45) is 5.44. The molecule has 1 aromatic rings. The summed E-state index contributed by atoms with van der Waals surface area (Å²) >= 11 is 5.69. The Balaban J connectivity index is 3.16. The molecular weight excluding hydrogens is 177 g/mol. The SMILES string of the molecule is C#CCc1cc(N)c(F)cc1Cl. The molecule has 0 amide bonds. The van der Waals surface area contributed by atoms with Crippen molar-refractivity contribution in [1.29, 1.82) is 0 Å². The van der Waals surface area contributed by atoms with Crippen LogP contribution in [0.15, 0.2) is 12.1 Å². The van der Waals surface area contributed by atoms with E-state index in [1.54, 1.807) is 0 Å². The maximum atomic E-state index is 12.7. The molecule has 2 N–H and O–H groups in total. The predicted octanol–water partition coefficient (Wildman–Crippen LogP) is 2.24. The Labute approximate surface area is 75.3 Å². The second kappa shape index (κ2) is 3.46. The van der Waals surface area contributed by atoms with E-state index >= 15 is 0 Å². The minimum Gasteiger partial charge on any atom is -0.396 e. The van der Waals surface area contributed by atoms with Gasteiger partial charge in [0.2, 0.25) is 0 Å². The quantitative estimate of drug-likeness (QED) is 0.525. The van der Waals surface area contributed by atoms with Gasteiger partial charge in [0.25, 0.3) is 0 Å². The number of halogens is 2. The van der Waals surface area contributed by atoms with Crippen molar-refractivity contribution in [1.82, 2.24) is 0 Å². The van der Waals surface area contributed by atoms with Crippen molar-refractivity contribution in [3.05, 3.63) is 28.5 Å². The third-order valence-corrected chi connectivity index (χ3v) is 1.81. The van der Waals surface area contributed by atoms with Crippen molar-refractivity contribution in [3.8, 4) is 12.3 Å². The number of terminal acetylenes is 1. The van der Waals surface area contributed by atoms with E-state index in [1.165, 1.54) is 12.1 Å². The Kier molecular flexibility index (Phi) is 2.57. The fraction of sp³-hybridized carbons (Fsp3) is 0.111. The molecule has 0 fully saturated rings. The molecule has 1 nitrogen and oxygen atoms in total. The Morgan fingerprint density at radius 1 is 1.58 bits per heavy atom. The first kappa shape index (κ1) is 8.89. The van der Waals surface area contributed by atoms with Crippen LogP contribution < -0.4 is 5.73 Å². The maximum Gasteiger partial charge on any atom is 0.147 e. The lowest BCUT2D eigenvalue weighted by molar-refractivity contribution is 0.632. The van der Waals surface area contributed by atoms with Crippen LogP contribution >= 0.6 is 11.6 Å². The van der Waals surface area contributed by atoms with Crippen LogP contribution in [0.1, 0.15) is 5.56 Å². The molecule has 3 heteroatoms. The van der Waals surface area contributed by atoms with Gasteiger partial charge in [-0.25, -0.2) is 4.39 Å². The summed E-state index contributed by atoms with van der Waals surface area (Å²) < 4.78 is 12.7. The Bertz CT molecular complexity index is 341. The highest BCUT2D eigenvalue weighted by molar-refractivity contribution is 6.31. The van der Waals surface area contributed by atoms with Crippen LogP contribution in [-0.4, -0.2) is 0 Å². The van der Waals surface area contributed by atoms with Crippen LogP contribution in [0, 0.1) is 18.2 Å². The van der Waals surface area contributed by atoms with E-state index in [0.717, 1.165) is 0 Å². The minimum absolute atomic E-state index is 0.0738. The number of anilines is 1. The normalized spacial score (nSPS) is 9.42. The number of hydrogen-bond donors (Lipinski definition) is 1. The zero-order valence-corrected chi connectivity index (χ0v) is 7.03. The van der Waals surface area contributed by atoms with Gasteiger partial charge >= 0.3 is 0 Å². The second-order valence-electron chi connectivity index (χ2n) is 2.35. The topological polar surface area (TPSA) is 26.0 Å². The molecule has 0 saturated carbocycles. The molecule has 0 saturated heterocycles. The van der Waals surface area contributed by atoms with Gasteiger partial charge in [-0.05, 0) is 17.7 Å². The maximum absolute atomic E-state index is 12.7. The average molecular weight is 184 g/mol. The third kappa shape index (κ3) is 1.69. The van der Waals surface area contributed by atoms with Crippen LogP contribution in [0.5, 0.6) is 0 Å². The largest absolute Gasteiger partial charge is 0.396 e. The van der Waals surface area contributed by atoms with Crippen LogP contribution in [0.4, 0.5) is 10.1 Å². The molecule has 0 aliphatic rings. The first-order valence-electron chi connectivity index (χ1n) is 3.32. The fourth-order valence-electron chi connectivity index (χ4n) is 0.858. The number of rotatable bonds is 1. The minimum atomic E-state index is -0.513. The van der Waals surface area contributed by atoms with E-state index in [-0.39, 0.29) is 5.69 Å². The number of nitrogen functional groups attached to an aromatic ring is 1. The van der Waals surface area contributed by atoms with E-state index in [0.29, 0.717) is 17.0 Å². The van der Waals surface area contributed by atoms with E-state index in [2.05, 4.69) is 5.92 Å². The van der Waals surface area contributed by atoms with Crippen molar-refractivity contribution in [2.45, 2.75) is 6.42 Å². The lowest BCUT2D eigenvalue weighted by Crippen LogP contribution is -1.93. The van der Waals surface area contributed by atoms with Gasteiger partial charge in [-0.1, -0.05) is 11.6 Å². The van der Waals surface area contributed by atoms with Gasteiger partial charge in [0.15, 0.2) is 0 Å². The van der Waals surface area contributed by atoms with Gasteiger partial charge in [-0.2, -0.15) is 0 Å². The monoisotopic (exact) mass is 183 g/mol. The fourth-order valence-corrected chi connectivity index (χ4v) is 1.08. The van der Waals surface area contributed by atoms with Crippen molar-refractivity contribution >= 4 is 17.3 Å². The van der Waals surface area contributed by atoms with Gasteiger partial charge in [-0.15, -0.1) is 12.3 Å². The van der Waals surface area contributed by atoms with Gasteiger partial charge < -0.3 is 5.73 Å². The summed E-state index contributed by atoms with van der Waals surface area (Å²) in [6, 6.07) is 2.63. The lowest BCUT2D eigenvalue weighted by Gasteiger charge is -2.02. The molecule has 0 atom stereocenters. The summed E-state index contributed by atoms with van der Waals surface area (Å²) in [5, 5.41) is 0.319. The summed E-state index contributed by atoms with van der Waals surface area (Å²) in [5.74, 6) is 1.90. The highest BCUT2D eigenvalue weighted by atomic mass is 35.5. The molecule has 0 aliphatic heterocycles. The number of hydrogen-bond acceptors (Lipinski definition) is 1. The smallest absolute Gasteiger partial charge is 0.147 e. The van der Waals surface area contributed by atoms with Gasteiger partial charge in [0.05, 0.1) is 5.69 Å². The average Bonchev–Trinajstić information content (AvgIpc) is 2.01. The van der Waals surface area contributed by atoms with Gasteiger partial charge in [-0.3, -0.25) is 0 Å². The number of benzene rings is 1. The van der Waals surface area contributed by atoms with Crippen LogP contribution in [0.3, 0.4) is 0 Å². The molecule has 12 heavy (non-hydrogen) atoms. The van der Waals surface area contributed by atoms with E-state index < -0.39 is 5.82 Å². The highest BCUT2D eigenvalue weighted by Crippen LogP contribution is 2.22. The van der Waals surface area contributed by atoms with Crippen molar-refractivity contribution in [2.24, 2.45) is 0 Å². The summed E-state index contributed by atoms with van der Waals surface area (Å²) in [4.78, 5) is 0. The van der Waals surface area contributed by atoms with Crippen molar-refractivity contribution in [3.63, 3.8) is 0 Å². The first-order valence-corrected chi connectivity index (χ1v) is 3.70. The Morgan fingerprint density at radius 2 is 2.25 bits per heavy atom. The number of nitrogens with two attached hydrogens (primary N) is 1. The molecule has 0 aliphatic carbocycles. The molecule has 0 bridgehead atoms. The zero-order chi connectivity index (χ0) is 9.14. The third-order valence-electron chi connectivity index (χ3n) is 1.46. The summed E-state index contributed by atoms with van der Waals surface area (Å²) in [7, 11) is 0. The highest BCUT2D eigenvalue weighted by Gasteiger charge is 2.04. The molecule has 0 unspecified atom stereocenters. The zero-order valence-electron chi connectivity index (χ0n) is 6.27. The van der Waals surface area contributed by atoms with Gasteiger partial charge in [0.1, 0.15) is 5.82 Å². The molecule has 0 aromatic heterocycles. The lowest BCUT2D eigenvalue weighted by atomic mass is 10.1. The van der Waals surface area contributed by atoms with Crippen LogP contribution in [0.2, 0.25) is 5.02 Å². The van der Waals surface area contributed by atoms with Crippen LogP contribution in [0.25, 0.3) is 0 Å². The molecule has 1 rings (SSSR count). The first-order chi connectivity index (χ1) is 5.65. The predicted molar refractivity (Wildman–Crippen MR) is 48.4 cm³/mol. The standard InChI is InChI=1S/C9H7ClFN/c1-2-3-6-4-9(12)8(11)5-7(6)10/h1,4-5H,3,12H2. The molecule has 0 radical (unpaired) electrons. The van der Waals surface area contributed by atoms with E-state index in [1.807, 2.05) is 0 Å². The molecule has 62 valence electrons. The summed E-state index contributed by atoms with van der Waals surface area (Å²) in [5.41, 5.74) is 6.07. The van der Waals surface area contributed by atoms with Crippen LogP contribution in [-0.2, 0) is 6.42 Å². The van der Waals surface area contributed by atoms with Crippen molar-refractivity contribution < 1.29 is 4.39 Å². The molecule has 1 aromatic carbocycles. The Morgan fingerprint density at radius 3 is 2.83 bits per heavy atom. The van der Waals surface area contributed by atoms with E-state index in [9.17, 15) is 4.39 Å². The molecule has 0 heterocycles. The van der Waals surface area contributed by atoms with Gasteiger partial charge in [0, 0.05) is 11.4 Å². The van der Waals surface area contributed by atoms with E-state index in [4.69, 9.17) is 23.8 Å². The summed E-state index contributed by atoms with van der Waals surface area (Å²) in [6.45, 7) is 0. The van der Waals surface area contributed by atoms with Crippen molar-refractivity contribution in [2.75, 3.05) is 5.73 Å². The molecule has 0 spiro atoms. The molecular formula is C9H7ClFN. The second-order valence-corrected chi connectivity index (χ2v) is 2.75. The Hall–Kier alpha value is -1.20.